The van der Waals surface area contributed by atoms with Gasteiger partial charge in [0.2, 0.25) is 5.82 Å². The zero-order valence-corrected chi connectivity index (χ0v) is 14.4. The lowest BCUT2D eigenvalue weighted by atomic mass is 9.79. The van der Waals surface area contributed by atoms with Gasteiger partial charge in [-0.25, -0.2) is 9.78 Å². The molecule has 2 atom stereocenters. The molecule has 1 amide bonds. The smallest absolute Gasteiger partial charge is 0.407 e. The van der Waals surface area contributed by atoms with Crippen molar-refractivity contribution in [2.24, 2.45) is 11.3 Å². The second-order valence-corrected chi connectivity index (χ2v) is 7.35. The number of hydrogen-bond acceptors (Lipinski definition) is 5. The highest BCUT2D eigenvalue weighted by atomic mass is 16.6. The molecule has 8 heteroatoms. The summed E-state index contributed by atoms with van der Waals surface area (Å²) in [4.78, 5) is 27.8. The van der Waals surface area contributed by atoms with E-state index >= 15 is 0 Å². The van der Waals surface area contributed by atoms with Gasteiger partial charge in [-0.3, -0.25) is 10.1 Å². The summed E-state index contributed by atoms with van der Waals surface area (Å²) in [6.07, 6.45) is 1.38. The zero-order valence-electron chi connectivity index (χ0n) is 14.4. The van der Waals surface area contributed by atoms with Crippen molar-refractivity contribution in [1.82, 2.24) is 9.88 Å². The zero-order chi connectivity index (χ0) is 18.1. The maximum atomic E-state index is 11.5. The quantitative estimate of drug-likeness (QED) is 0.646. The molecule has 0 aliphatic carbocycles. The molecule has 1 unspecified atom stereocenters. The number of carbonyl (C=O) groups is 1. The molecule has 0 radical (unpaired) electrons. The summed E-state index contributed by atoms with van der Waals surface area (Å²) in [6, 6.07) is 1.33. The number of amides is 1. The first kappa shape index (κ1) is 18.0. The van der Waals surface area contributed by atoms with Gasteiger partial charge in [0.1, 0.15) is 0 Å². The first-order chi connectivity index (χ1) is 11.1. The second kappa shape index (κ2) is 6.62. The molecule has 2 rings (SSSR count). The Labute approximate surface area is 141 Å². The Hall–Kier alpha value is -2.38. The summed E-state index contributed by atoms with van der Waals surface area (Å²) >= 11 is 0. The molecule has 0 saturated carbocycles. The average molecular weight is 336 g/mol. The molecule has 0 spiro atoms. The largest absolute Gasteiger partial charge is 0.465 e. The van der Waals surface area contributed by atoms with E-state index in [4.69, 9.17) is 0 Å². The lowest BCUT2D eigenvalue weighted by Gasteiger charge is -2.37. The number of nitrogens with one attached hydrogen (secondary N) is 1. The van der Waals surface area contributed by atoms with Crippen LogP contribution in [0.2, 0.25) is 0 Å². The average Bonchev–Trinajstić information content (AvgIpc) is 2.90. The van der Waals surface area contributed by atoms with E-state index in [-0.39, 0.29) is 28.9 Å². The first-order valence-corrected chi connectivity index (χ1v) is 7.95. The molecular formula is C16H24N4O4. The standard InChI is InChI=1S/C16H24N4O4/c1-10-7-12(20(23)24)14(17-8-10)18-9-11-5-6-19(15(21)22)13(11)16(2,3)4/h7-8,11,13H,5-6,9H2,1-4H3,(H,17,18)(H,21,22)/t11-,13?/m0/s1. The minimum Gasteiger partial charge on any atom is -0.465 e. The van der Waals surface area contributed by atoms with Crippen LogP contribution in [0, 0.1) is 28.4 Å². The van der Waals surface area contributed by atoms with E-state index in [2.05, 4.69) is 10.3 Å². The molecule has 0 aromatic carbocycles. The molecular weight excluding hydrogens is 312 g/mol. The topological polar surface area (TPSA) is 109 Å². The van der Waals surface area contributed by atoms with E-state index in [9.17, 15) is 20.0 Å². The van der Waals surface area contributed by atoms with Crippen LogP contribution < -0.4 is 5.32 Å². The van der Waals surface area contributed by atoms with Crippen LogP contribution in [0.3, 0.4) is 0 Å². The van der Waals surface area contributed by atoms with Gasteiger partial charge in [0.15, 0.2) is 0 Å². The highest BCUT2D eigenvalue weighted by Gasteiger charge is 2.43. The van der Waals surface area contributed by atoms with Crippen LogP contribution in [0.5, 0.6) is 0 Å². The van der Waals surface area contributed by atoms with Gasteiger partial charge in [-0.2, -0.15) is 0 Å². The molecule has 132 valence electrons. The summed E-state index contributed by atoms with van der Waals surface area (Å²) < 4.78 is 0. The second-order valence-electron chi connectivity index (χ2n) is 7.35. The molecule has 1 saturated heterocycles. The van der Waals surface area contributed by atoms with Gasteiger partial charge in [0.25, 0.3) is 0 Å². The van der Waals surface area contributed by atoms with E-state index in [1.165, 1.54) is 11.0 Å². The van der Waals surface area contributed by atoms with Crippen LogP contribution in [0.1, 0.15) is 32.8 Å². The van der Waals surface area contributed by atoms with Gasteiger partial charge in [-0.15, -0.1) is 0 Å². The molecule has 1 aromatic heterocycles. The van der Waals surface area contributed by atoms with Gasteiger partial charge >= 0.3 is 11.8 Å². The third-order valence-electron chi connectivity index (χ3n) is 4.39. The van der Waals surface area contributed by atoms with Gasteiger partial charge in [-0.1, -0.05) is 20.8 Å². The molecule has 0 bridgehead atoms. The van der Waals surface area contributed by atoms with E-state index in [1.54, 1.807) is 13.1 Å². The third kappa shape index (κ3) is 3.74. The van der Waals surface area contributed by atoms with Crippen molar-refractivity contribution in [1.29, 1.82) is 0 Å². The number of carboxylic acid groups (broad SMARTS) is 1. The predicted molar refractivity (Wildman–Crippen MR) is 90.2 cm³/mol. The van der Waals surface area contributed by atoms with Gasteiger partial charge in [0.05, 0.1) is 4.92 Å². The third-order valence-corrected chi connectivity index (χ3v) is 4.39. The van der Waals surface area contributed by atoms with Crippen molar-refractivity contribution in [3.05, 3.63) is 27.9 Å². The maximum absolute atomic E-state index is 11.5. The lowest BCUT2D eigenvalue weighted by molar-refractivity contribution is -0.384. The Balaban J connectivity index is 2.17. The van der Waals surface area contributed by atoms with Gasteiger partial charge < -0.3 is 15.3 Å². The lowest BCUT2D eigenvalue weighted by Crippen LogP contribution is -2.46. The first-order valence-electron chi connectivity index (χ1n) is 7.95. The molecule has 8 nitrogen and oxygen atoms in total. The van der Waals surface area contributed by atoms with Gasteiger partial charge in [-0.05, 0) is 30.2 Å². The summed E-state index contributed by atoms with van der Waals surface area (Å²) in [5, 5.41) is 23.6. The Bertz CT molecular complexity index is 641. The van der Waals surface area contributed by atoms with Crippen LogP contribution >= 0.6 is 0 Å². The van der Waals surface area contributed by atoms with Crippen molar-refractivity contribution in [3.8, 4) is 0 Å². The van der Waals surface area contributed by atoms with Crippen LogP contribution in [0.15, 0.2) is 12.3 Å². The van der Waals surface area contributed by atoms with Crippen molar-refractivity contribution >= 4 is 17.6 Å². The van der Waals surface area contributed by atoms with Crippen molar-refractivity contribution < 1.29 is 14.8 Å². The Morgan fingerprint density at radius 2 is 2.21 bits per heavy atom. The predicted octanol–water partition coefficient (Wildman–Crippen LogP) is 3.12. The highest BCUT2D eigenvalue weighted by molar-refractivity contribution is 5.66. The maximum Gasteiger partial charge on any atom is 0.407 e. The fourth-order valence-corrected chi connectivity index (χ4v) is 3.52. The normalized spacial score (nSPS) is 20.9. The van der Waals surface area contributed by atoms with E-state index in [0.29, 0.717) is 13.1 Å². The fourth-order valence-electron chi connectivity index (χ4n) is 3.52. The minimum absolute atomic E-state index is 0.0598. The van der Waals surface area contributed by atoms with Crippen LogP contribution in [0.4, 0.5) is 16.3 Å². The molecule has 1 fully saturated rings. The van der Waals surface area contributed by atoms with E-state index in [0.717, 1.165) is 12.0 Å². The fraction of sp³-hybridized carbons (Fsp3) is 0.625. The monoisotopic (exact) mass is 336 g/mol. The molecule has 2 N–H and O–H groups in total. The number of likely N-dealkylation sites (tertiary alicyclic amines) is 1. The number of aryl methyl sites for hydroxylation is 1. The summed E-state index contributed by atoms with van der Waals surface area (Å²) in [5.74, 6) is 0.302. The van der Waals surface area contributed by atoms with Gasteiger partial charge in [0, 0.05) is 31.4 Å². The molecule has 2 heterocycles. The Kier molecular flexibility index (Phi) is 4.96. The van der Waals surface area contributed by atoms with Crippen LogP contribution in [-0.2, 0) is 0 Å². The van der Waals surface area contributed by atoms with Crippen LogP contribution in [-0.4, -0.2) is 45.1 Å². The Morgan fingerprint density at radius 3 is 2.75 bits per heavy atom. The van der Waals surface area contributed by atoms with Crippen LogP contribution in [0.25, 0.3) is 0 Å². The number of rotatable bonds is 4. The van der Waals surface area contributed by atoms with Crippen molar-refractivity contribution in [3.63, 3.8) is 0 Å². The summed E-state index contributed by atoms with van der Waals surface area (Å²) in [6.45, 7) is 8.71. The van der Waals surface area contributed by atoms with E-state index in [1.807, 2.05) is 20.8 Å². The highest BCUT2D eigenvalue weighted by Crippen LogP contribution is 2.37. The number of hydrogen-bond donors (Lipinski definition) is 2. The van der Waals surface area contributed by atoms with Crippen molar-refractivity contribution in [2.75, 3.05) is 18.4 Å². The summed E-state index contributed by atoms with van der Waals surface area (Å²) in [5.41, 5.74) is 0.446. The Morgan fingerprint density at radius 1 is 1.54 bits per heavy atom. The number of pyridine rings is 1. The number of nitrogens with zero attached hydrogens (tertiary/aromatic N) is 3. The molecule has 24 heavy (non-hydrogen) atoms. The molecule has 1 aliphatic rings. The summed E-state index contributed by atoms with van der Waals surface area (Å²) in [7, 11) is 0. The molecule has 1 aromatic rings. The number of anilines is 1. The molecule has 1 aliphatic heterocycles. The minimum atomic E-state index is -0.920. The SMILES string of the molecule is Cc1cnc(NC[C@@H]2CCN(C(=O)O)C2C(C)(C)C)c([N+](=O)[O-])c1. The van der Waals surface area contributed by atoms with Crippen molar-refractivity contribution in [2.45, 2.75) is 40.2 Å². The number of nitro groups is 1. The number of aromatic nitrogens is 1. The van der Waals surface area contributed by atoms with E-state index < -0.39 is 11.0 Å².